The number of aryl methyl sites for hydroxylation is 1. The second-order valence-corrected chi connectivity index (χ2v) is 3.44. The first-order valence-electron chi connectivity index (χ1n) is 4.97. The summed E-state index contributed by atoms with van der Waals surface area (Å²) >= 11 is 0. The van der Waals surface area contributed by atoms with Crippen LogP contribution in [-0.2, 0) is 4.65 Å². The van der Waals surface area contributed by atoms with Crippen LogP contribution < -0.4 is 5.46 Å². The quantitative estimate of drug-likeness (QED) is 0.588. The third-order valence-electron chi connectivity index (χ3n) is 2.28. The zero-order valence-corrected chi connectivity index (χ0v) is 9.28. The van der Waals surface area contributed by atoms with Crippen molar-refractivity contribution in [3.05, 3.63) is 29.3 Å². The number of benzene rings is 1. The molecule has 0 bridgehead atoms. The van der Waals surface area contributed by atoms with E-state index in [1.165, 1.54) is 6.92 Å². The van der Waals surface area contributed by atoms with E-state index >= 15 is 0 Å². The minimum absolute atomic E-state index is 0.0139. The molecule has 15 heavy (non-hydrogen) atoms. The minimum Gasteiger partial charge on any atom is -0.423 e. The van der Waals surface area contributed by atoms with Gasteiger partial charge in [-0.25, -0.2) is 0 Å². The normalized spacial score (nSPS) is 10.1. The lowest BCUT2D eigenvalue weighted by Gasteiger charge is -2.10. The number of hydrogen-bond donors (Lipinski definition) is 1. The SMILES string of the molecule is CCOB(O)c1cc(C(C)=O)ccc1C. The summed E-state index contributed by atoms with van der Waals surface area (Å²) in [6, 6.07) is 5.24. The highest BCUT2D eigenvalue weighted by Crippen LogP contribution is 2.03. The van der Waals surface area contributed by atoms with E-state index < -0.39 is 7.12 Å². The molecule has 0 aliphatic rings. The van der Waals surface area contributed by atoms with Crippen LogP contribution in [0, 0.1) is 6.92 Å². The Morgan fingerprint density at radius 2 is 2.20 bits per heavy atom. The number of carbonyl (C=O) groups excluding carboxylic acids is 1. The second kappa shape index (κ2) is 5.10. The molecule has 1 rings (SSSR count). The van der Waals surface area contributed by atoms with Crippen LogP contribution in [0.4, 0.5) is 0 Å². The Labute approximate surface area is 90.2 Å². The molecule has 0 fully saturated rings. The highest BCUT2D eigenvalue weighted by atomic mass is 16.5. The standard InChI is InChI=1S/C11H15BO3/c1-4-15-12(14)11-7-10(9(3)13)6-5-8(11)2/h5-7,14H,4H2,1-3H3. The fourth-order valence-electron chi connectivity index (χ4n) is 1.37. The molecule has 0 heterocycles. The van der Waals surface area contributed by atoms with E-state index in [0.29, 0.717) is 17.6 Å². The smallest absolute Gasteiger partial charge is 0.423 e. The van der Waals surface area contributed by atoms with Crippen molar-refractivity contribution in [2.75, 3.05) is 6.61 Å². The molecular formula is C11H15BO3. The summed E-state index contributed by atoms with van der Waals surface area (Å²) in [6.45, 7) is 5.63. The molecule has 0 spiro atoms. The number of rotatable bonds is 4. The molecule has 0 aliphatic carbocycles. The molecule has 0 aliphatic heterocycles. The van der Waals surface area contributed by atoms with Crippen molar-refractivity contribution in [3.8, 4) is 0 Å². The average molecular weight is 206 g/mol. The van der Waals surface area contributed by atoms with Crippen LogP contribution >= 0.6 is 0 Å². The lowest BCUT2D eigenvalue weighted by molar-refractivity contribution is 0.101. The molecule has 0 unspecified atom stereocenters. The second-order valence-electron chi connectivity index (χ2n) is 3.44. The molecule has 0 atom stereocenters. The van der Waals surface area contributed by atoms with E-state index in [1.807, 2.05) is 19.9 Å². The maximum absolute atomic E-state index is 11.2. The van der Waals surface area contributed by atoms with E-state index in [4.69, 9.17) is 4.65 Å². The molecule has 4 heteroatoms. The first-order valence-corrected chi connectivity index (χ1v) is 4.97. The Kier molecular flexibility index (Phi) is 4.06. The van der Waals surface area contributed by atoms with E-state index in [0.717, 1.165) is 5.56 Å². The van der Waals surface area contributed by atoms with Gasteiger partial charge in [-0.3, -0.25) is 4.79 Å². The lowest BCUT2D eigenvalue weighted by atomic mass is 9.75. The van der Waals surface area contributed by atoms with Crippen molar-refractivity contribution in [2.24, 2.45) is 0 Å². The predicted octanol–water partition coefficient (Wildman–Crippen LogP) is 0.922. The Hall–Kier alpha value is -1.13. The molecule has 0 amide bonds. The van der Waals surface area contributed by atoms with Crippen molar-refractivity contribution in [1.82, 2.24) is 0 Å². The minimum atomic E-state index is -0.950. The Morgan fingerprint density at radius 3 is 2.73 bits per heavy atom. The Morgan fingerprint density at radius 1 is 1.53 bits per heavy atom. The van der Waals surface area contributed by atoms with Crippen molar-refractivity contribution in [2.45, 2.75) is 20.8 Å². The van der Waals surface area contributed by atoms with E-state index in [9.17, 15) is 9.82 Å². The van der Waals surface area contributed by atoms with Crippen LogP contribution in [0.2, 0.25) is 0 Å². The van der Waals surface area contributed by atoms with Crippen molar-refractivity contribution in [3.63, 3.8) is 0 Å². The lowest BCUT2D eigenvalue weighted by Crippen LogP contribution is -2.36. The molecule has 1 aromatic carbocycles. The van der Waals surface area contributed by atoms with E-state index in [1.54, 1.807) is 12.1 Å². The first kappa shape index (κ1) is 11.9. The molecule has 1 aromatic rings. The first-order chi connectivity index (χ1) is 7.06. The summed E-state index contributed by atoms with van der Waals surface area (Å²) in [4.78, 5) is 11.2. The van der Waals surface area contributed by atoms with Crippen molar-refractivity contribution in [1.29, 1.82) is 0 Å². The highest BCUT2D eigenvalue weighted by Gasteiger charge is 2.18. The molecule has 0 aromatic heterocycles. The summed E-state index contributed by atoms with van der Waals surface area (Å²) in [5.41, 5.74) is 2.17. The summed E-state index contributed by atoms with van der Waals surface area (Å²) in [7, 11) is -0.950. The maximum atomic E-state index is 11.2. The van der Waals surface area contributed by atoms with Gasteiger partial charge in [-0.1, -0.05) is 23.8 Å². The van der Waals surface area contributed by atoms with Gasteiger partial charge in [0.15, 0.2) is 5.78 Å². The van der Waals surface area contributed by atoms with Crippen LogP contribution in [0.3, 0.4) is 0 Å². The average Bonchev–Trinajstić information content (AvgIpc) is 2.18. The van der Waals surface area contributed by atoms with Gasteiger partial charge in [-0.05, 0) is 26.2 Å². The van der Waals surface area contributed by atoms with Crippen molar-refractivity contribution >= 4 is 18.4 Å². The number of Topliss-reactive ketones (excluding diaryl/α,β-unsaturated/α-hetero) is 1. The highest BCUT2D eigenvalue weighted by molar-refractivity contribution is 6.60. The number of carbonyl (C=O) groups is 1. The van der Waals surface area contributed by atoms with Crippen LogP contribution in [0.25, 0.3) is 0 Å². The molecule has 0 radical (unpaired) electrons. The van der Waals surface area contributed by atoms with Crippen molar-refractivity contribution < 1.29 is 14.5 Å². The summed E-state index contributed by atoms with van der Waals surface area (Å²) in [5, 5.41) is 9.67. The largest absolute Gasteiger partial charge is 0.491 e. The molecule has 1 N–H and O–H groups in total. The summed E-state index contributed by atoms with van der Waals surface area (Å²) in [5.74, 6) is -0.0139. The predicted molar refractivity (Wildman–Crippen MR) is 60.4 cm³/mol. The van der Waals surface area contributed by atoms with Gasteiger partial charge in [0.25, 0.3) is 0 Å². The van der Waals surface area contributed by atoms with Gasteiger partial charge < -0.3 is 9.68 Å². The fraction of sp³-hybridized carbons (Fsp3) is 0.364. The van der Waals surface area contributed by atoms with Gasteiger partial charge >= 0.3 is 7.12 Å². The maximum Gasteiger partial charge on any atom is 0.491 e. The molecular weight excluding hydrogens is 191 g/mol. The van der Waals surface area contributed by atoms with E-state index in [2.05, 4.69) is 0 Å². The van der Waals surface area contributed by atoms with Gasteiger partial charge in [0.05, 0.1) is 0 Å². The number of ketones is 1. The van der Waals surface area contributed by atoms with Crippen LogP contribution in [-0.4, -0.2) is 24.5 Å². The van der Waals surface area contributed by atoms with Gasteiger partial charge in [0, 0.05) is 12.2 Å². The third kappa shape index (κ3) is 2.91. The summed E-state index contributed by atoms with van der Waals surface area (Å²) < 4.78 is 5.09. The van der Waals surface area contributed by atoms with E-state index in [-0.39, 0.29) is 5.78 Å². The molecule has 80 valence electrons. The Bertz CT molecular complexity index is 363. The van der Waals surface area contributed by atoms with Gasteiger partial charge in [0.1, 0.15) is 0 Å². The van der Waals surface area contributed by atoms with Gasteiger partial charge in [0.2, 0.25) is 0 Å². The number of hydrogen-bond acceptors (Lipinski definition) is 3. The molecule has 0 saturated carbocycles. The monoisotopic (exact) mass is 206 g/mol. The topological polar surface area (TPSA) is 46.5 Å². The Balaban J connectivity index is 3.04. The summed E-state index contributed by atoms with van der Waals surface area (Å²) in [6.07, 6.45) is 0. The van der Waals surface area contributed by atoms with Gasteiger partial charge in [-0.15, -0.1) is 0 Å². The van der Waals surface area contributed by atoms with Gasteiger partial charge in [-0.2, -0.15) is 0 Å². The zero-order chi connectivity index (χ0) is 11.4. The molecule has 3 nitrogen and oxygen atoms in total. The van der Waals surface area contributed by atoms with Crippen LogP contribution in [0.1, 0.15) is 29.8 Å². The van der Waals surface area contributed by atoms with Crippen LogP contribution in [0.5, 0.6) is 0 Å². The molecule has 0 saturated heterocycles. The third-order valence-corrected chi connectivity index (χ3v) is 2.28. The fourth-order valence-corrected chi connectivity index (χ4v) is 1.37. The zero-order valence-electron chi connectivity index (χ0n) is 9.28. The van der Waals surface area contributed by atoms with Crippen LogP contribution in [0.15, 0.2) is 18.2 Å².